The Morgan fingerprint density at radius 3 is 2.78 bits per heavy atom. The Kier molecular flexibility index (Phi) is 5.23. The summed E-state index contributed by atoms with van der Waals surface area (Å²) in [6.07, 6.45) is 3.46. The maximum absolute atomic E-state index is 12.5. The number of urea groups is 1. The zero-order valence-electron chi connectivity index (χ0n) is 13.5. The van der Waals surface area contributed by atoms with E-state index < -0.39 is 0 Å². The van der Waals surface area contributed by atoms with E-state index in [1.807, 2.05) is 19.1 Å². The first-order valence-corrected chi connectivity index (χ1v) is 8.33. The number of ether oxygens (including phenoxy) is 3. The van der Waals surface area contributed by atoms with Crippen LogP contribution in [0.2, 0.25) is 0 Å². The van der Waals surface area contributed by atoms with E-state index in [0.717, 1.165) is 25.2 Å². The third-order valence-corrected chi connectivity index (χ3v) is 4.16. The minimum Gasteiger partial charge on any atom is -0.486 e. The molecule has 1 saturated heterocycles. The smallest absolute Gasteiger partial charge is 0.321 e. The van der Waals surface area contributed by atoms with Crippen molar-refractivity contribution in [3.8, 4) is 11.5 Å². The van der Waals surface area contributed by atoms with Crippen LogP contribution in [0.5, 0.6) is 11.5 Å². The summed E-state index contributed by atoms with van der Waals surface area (Å²) in [7, 11) is 0. The van der Waals surface area contributed by atoms with E-state index in [-0.39, 0.29) is 12.1 Å². The molecule has 0 bridgehead atoms. The van der Waals surface area contributed by atoms with Crippen molar-refractivity contribution in [3.63, 3.8) is 0 Å². The number of hydrogen-bond acceptors (Lipinski definition) is 4. The van der Waals surface area contributed by atoms with Gasteiger partial charge >= 0.3 is 6.03 Å². The van der Waals surface area contributed by atoms with Crippen LogP contribution in [0.4, 0.5) is 10.5 Å². The summed E-state index contributed by atoms with van der Waals surface area (Å²) < 4.78 is 16.8. The van der Waals surface area contributed by atoms with Gasteiger partial charge in [-0.1, -0.05) is 0 Å². The van der Waals surface area contributed by atoms with Gasteiger partial charge in [-0.3, -0.25) is 0 Å². The van der Waals surface area contributed by atoms with Crippen LogP contribution in [0.25, 0.3) is 0 Å². The van der Waals surface area contributed by atoms with Gasteiger partial charge in [0.2, 0.25) is 0 Å². The normalized spacial score (nSPS) is 20.0. The molecule has 6 heteroatoms. The minimum atomic E-state index is -0.113. The van der Waals surface area contributed by atoms with Crippen LogP contribution in [0.1, 0.15) is 26.2 Å². The summed E-state index contributed by atoms with van der Waals surface area (Å²) in [6, 6.07) is 5.34. The number of likely N-dealkylation sites (N-methyl/N-ethyl adjacent to an activating group) is 1. The fourth-order valence-corrected chi connectivity index (χ4v) is 2.88. The SMILES string of the molecule is CCN(C[C@@H]1CCCCO1)C(=O)Nc1ccc2c(c1)OCCO2. The van der Waals surface area contributed by atoms with Crippen molar-refractivity contribution in [1.82, 2.24) is 4.90 Å². The van der Waals surface area contributed by atoms with Gasteiger partial charge in [0.25, 0.3) is 0 Å². The van der Waals surface area contributed by atoms with Gasteiger partial charge in [-0.2, -0.15) is 0 Å². The molecule has 126 valence electrons. The van der Waals surface area contributed by atoms with Crippen molar-refractivity contribution in [2.24, 2.45) is 0 Å². The van der Waals surface area contributed by atoms with Crippen molar-refractivity contribution in [3.05, 3.63) is 18.2 Å². The Bertz CT molecular complexity index is 543. The Morgan fingerprint density at radius 2 is 2.04 bits per heavy atom. The Labute approximate surface area is 136 Å². The van der Waals surface area contributed by atoms with Crippen LogP contribution < -0.4 is 14.8 Å². The van der Waals surface area contributed by atoms with E-state index in [4.69, 9.17) is 14.2 Å². The summed E-state index contributed by atoms with van der Waals surface area (Å²) in [5.74, 6) is 1.39. The van der Waals surface area contributed by atoms with Crippen LogP contribution in [-0.4, -0.2) is 49.9 Å². The highest BCUT2D eigenvalue weighted by Crippen LogP contribution is 2.32. The number of carbonyl (C=O) groups excluding carboxylic acids is 1. The zero-order valence-corrected chi connectivity index (χ0v) is 13.5. The van der Waals surface area contributed by atoms with Crippen molar-refractivity contribution in [1.29, 1.82) is 0 Å². The molecule has 0 radical (unpaired) electrons. The molecule has 2 amide bonds. The highest BCUT2D eigenvalue weighted by molar-refractivity contribution is 5.89. The molecule has 0 spiro atoms. The van der Waals surface area contributed by atoms with Gasteiger partial charge in [0, 0.05) is 31.5 Å². The summed E-state index contributed by atoms with van der Waals surface area (Å²) in [4.78, 5) is 14.3. The van der Waals surface area contributed by atoms with Gasteiger partial charge in [0.05, 0.1) is 6.10 Å². The molecule has 0 saturated carbocycles. The molecule has 0 unspecified atom stereocenters. The summed E-state index contributed by atoms with van der Waals surface area (Å²) in [5, 5.41) is 2.93. The Hall–Kier alpha value is -1.95. The number of nitrogens with one attached hydrogen (secondary N) is 1. The van der Waals surface area contributed by atoms with Gasteiger partial charge in [-0.05, 0) is 38.3 Å². The molecular weight excluding hydrogens is 296 g/mol. The molecule has 0 aliphatic carbocycles. The van der Waals surface area contributed by atoms with Crippen LogP contribution >= 0.6 is 0 Å². The van der Waals surface area contributed by atoms with Crippen molar-refractivity contribution < 1.29 is 19.0 Å². The van der Waals surface area contributed by atoms with Crippen LogP contribution in [-0.2, 0) is 4.74 Å². The molecular formula is C17H24N2O4. The van der Waals surface area contributed by atoms with E-state index in [0.29, 0.717) is 37.7 Å². The second-order valence-corrected chi connectivity index (χ2v) is 5.82. The molecule has 23 heavy (non-hydrogen) atoms. The average Bonchev–Trinajstić information content (AvgIpc) is 2.60. The fourth-order valence-electron chi connectivity index (χ4n) is 2.88. The standard InChI is InChI=1S/C17H24N2O4/c1-2-19(12-14-5-3-4-8-21-14)17(20)18-13-6-7-15-16(11-13)23-10-9-22-15/h6-7,11,14H,2-5,8-10,12H2,1H3,(H,18,20)/t14-/m0/s1. The van der Waals surface area contributed by atoms with Gasteiger partial charge in [-0.15, -0.1) is 0 Å². The third kappa shape index (κ3) is 4.07. The third-order valence-electron chi connectivity index (χ3n) is 4.16. The van der Waals surface area contributed by atoms with E-state index in [9.17, 15) is 4.79 Å². The lowest BCUT2D eigenvalue weighted by molar-refractivity contribution is 0.00221. The molecule has 3 rings (SSSR count). The lowest BCUT2D eigenvalue weighted by Crippen LogP contribution is -2.41. The van der Waals surface area contributed by atoms with E-state index >= 15 is 0 Å². The largest absolute Gasteiger partial charge is 0.486 e. The highest BCUT2D eigenvalue weighted by Gasteiger charge is 2.21. The number of amides is 2. The minimum absolute atomic E-state index is 0.113. The molecule has 1 N–H and O–H groups in total. The average molecular weight is 320 g/mol. The van der Waals surface area contributed by atoms with Crippen molar-refractivity contribution >= 4 is 11.7 Å². The highest BCUT2D eigenvalue weighted by atomic mass is 16.6. The van der Waals surface area contributed by atoms with Crippen LogP contribution in [0.3, 0.4) is 0 Å². The second-order valence-electron chi connectivity index (χ2n) is 5.82. The van der Waals surface area contributed by atoms with E-state index in [1.165, 1.54) is 6.42 Å². The first kappa shape index (κ1) is 15.9. The number of fused-ring (bicyclic) bond motifs is 1. The number of hydrogen-bond donors (Lipinski definition) is 1. The molecule has 1 fully saturated rings. The quantitative estimate of drug-likeness (QED) is 0.927. The van der Waals surface area contributed by atoms with Gasteiger partial charge in [-0.25, -0.2) is 4.79 Å². The topological polar surface area (TPSA) is 60.0 Å². The zero-order chi connectivity index (χ0) is 16.1. The monoisotopic (exact) mass is 320 g/mol. The number of nitrogens with zero attached hydrogens (tertiary/aromatic N) is 1. The molecule has 2 aliphatic rings. The van der Waals surface area contributed by atoms with Crippen molar-refractivity contribution in [2.45, 2.75) is 32.3 Å². The predicted molar refractivity (Wildman–Crippen MR) is 87.3 cm³/mol. The number of benzene rings is 1. The maximum atomic E-state index is 12.5. The van der Waals surface area contributed by atoms with Crippen LogP contribution in [0, 0.1) is 0 Å². The lowest BCUT2D eigenvalue weighted by atomic mass is 10.1. The lowest BCUT2D eigenvalue weighted by Gasteiger charge is -2.29. The molecule has 2 aliphatic heterocycles. The van der Waals surface area contributed by atoms with Crippen molar-refractivity contribution in [2.75, 3.05) is 38.2 Å². The first-order valence-electron chi connectivity index (χ1n) is 8.33. The first-order chi connectivity index (χ1) is 11.3. The Balaban J connectivity index is 1.60. The van der Waals surface area contributed by atoms with Crippen LogP contribution in [0.15, 0.2) is 18.2 Å². The molecule has 1 atom stereocenters. The van der Waals surface area contributed by atoms with Gasteiger partial charge in [0.1, 0.15) is 13.2 Å². The predicted octanol–water partition coefficient (Wildman–Crippen LogP) is 2.88. The number of carbonyl (C=O) groups is 1. The number of rotatable bonds is 4. The molecule has 0 aromatic heterocycles. The molecule has 1 aromatic rings. The van der Waals surface area contributed by atoms with E-state index in [1.54, 1.807) is 11.0 Å². The molecule has 2 heterocycles. The van der Waals surface area contributed by atoms with Gasteiger partial charge in [0.15, 0.2) is 11.5 Å². The summed E-state index contributed by atoms with van der Waals surface area (Å²) >= 11 is 0. The molecule has 6 nitrogen and oxygen atoms in total. The molecule has 1 aromatic carbocycles. The van der Waals surface area contributed by atoms with E-state index in [2.05, 4.69) is 5.32 Å². The fraction of sp³-hybridized carbons (Fsp3) is 0.588. The van der Waals surface area contributed by atoms with Gasteiger partial charge < -0.3 is 24.4 Å². The second kappa shape index (κ2) is 7.55. The number of anilines is 1. The maximum Gasteiger partial charge on any atom is 0.321 e. The summed E-state index contributed by atoms with van der Waals surface area (Å²) in [6.45, 7) is 5.15. The summed E-state index contributed by atoms with van der Waals surface area (Å²) in [5.41, 5.74) is 0.710. The Morgan fingerprint density at radius 1 is 1.22 bits per heavy atom.